The van der Waals surface area contributed by atoms with E-state index in [-0.39, 0.29) is 11.8 Å². The number of aliphatic hydroxyl groups excluding tert-OH is 1. The highest BCUT2D eigenvalue weighted by molar-refractivity contribution is 7.99. The Morgan fingerprint density at radius 2 is 2.30 bits per heavy atom. The number of hydrogen-bond acceptors (Lipinski definition) is 6. The topological polar surface area (TPSA) is 82.5 Å². The molecule has 1 aromatic rings. The fraction of sp³-hybridized carbons (Fsp3) is 0.667. The normalized spacial score (nSPS) is 18.9. The SMILES string of the molecule is CCCCCC(O)C(=O)N1CSCC1C(=O)Nc1ncc(C)s1. The molecule has 0 radical (unpaired) electrons. The van der Waals surface area contributed by atoms with E-state index in [1.165, 1.54) is 28.0 Å². The van der Waals surface area contributed by atoms with E-state index in [0.29, 0.717) is 23.2 Å². The van der Waals surface area contributed by atoms with Crippen LogP contribution in [0.5, 0.6) is 0 Å². The van der Waals surface area contributed by atoms with Gasteiger partial charge in [0.15, 0.2) is 5.13 Å². The van der Waals surface area contributed by atoms with E-state index in [2.05, 4.69) is 17.2 Å². The van der Waals surface area contributed by atoms with Crippen LogP contribution >= 0.6 is 23.1 Å². The average molecular weight is 358 g/mol. The first-order valence-electron chi connectivity index (χ1n) is 7.82. The molecule has 1 aliphatic rings. The molecule has 6 nitrogen and oxygen atoms in total. The quantitative estimate of drug-likeness (QED) is 0.731. The van der Waals surface area contributed by atoms with E-state index in [1.54, 1.807) is 6.20 Å². The van der Waals surface area contributed by atoms with Crippen molar-refractivity contribution < 1.29 is 14.7 Å². The second-order valence-corrected chi connectivity index (χ2v) is 7.84. The lowest BCUT2D eigenvalue weighted by atomic mass is 10.1. The number of aliphatic hydroxyl groups is 1. The number of amides is 2. The van der Waals surface area contributed by atoms with Crippen LogP contribution in [0.2, 0.25) is 0 Å². The van der Waals surface area contributed by atoms with Crippen molar-refractivity contribution in [3.8, 4) is 0 Å². The molecular weight excluding hydrogens is 334 g/mol. The number of unbranched alkanes of at least 4 members (excludes halogenated alkanes) is 2. The van der Waals surface area contributed by atoms with Gasteiger partial charge in [-0.25, -0.2) is 4.98 Å². The highest BCUT2D eigenvalue weighted by atomic mass is 32.2. The van der Waals surface area contributed by atoms with Gasteiger partial charge in [0.1, 0.15) is 12.1 Å². The van der Waals surface area contributed by atoms with Gasteiger partial charge in [0.05, 0.1) is 5.88 Å². The Bertz CT molecular complexity index is 550. The molecule has 23 heavy (non-hydrogen) atoms. The van der Waals surface area contributed by atoms with Gasteiger partial charge in [-0.05, 0) is 13.3 Å². The molecule has 2 amide bonds. The first-order valence-corrected chi connectivity index (χ1v) is 9.79. The molecule has 0 bridgehead atoms. The molecule has 128 valence electrons. The predicted molar refractivity (Wildman–Crippen MR) is 93.6 cm³/mol. The molecule has 8 heteroatoms. The minimum Gasteiger partial charge on any atom is -0.383 e. The maximum Gasteiger partial charge on any atom is 0.252 e. The van der Waals surface area contributed by atoms with Crippen LogP contribution in [-0.2, 0) is 9.59 Å². The Morgan fingerprint density at radius 1 is 1.52 bits per heavy atom. The van der Waals surface area contributed by atoms with Gasteiger partial charge in [0, 0.05) is 16.8 Å². The number of thioether (sulfide) groups is 1. The van der Waals surface area contributed by atoms with Crippen LogP contribution in [0.1, 0.15) is 37.5 Å². The van der Waals surface area contributed by atoms with Crippen LogP contribution in [-0.4, -0.2) is 50.6 Å². The molecule has 1 fully saturated rings. The lowest BCUT2D eigenvalue weighted by Gasteiger charge is -2.25. The summed E-state index contributed by atoms with van der Waals surface area (Å²) in [5.74, 6) is 0.405. The van der Waals surface area contributed by atoms with E-state index in [0.717, 1.165) is 24.1 Å². The van der Waals surface area contributed by atoms with Crippen LogP contribution in [0.3, 0.4) is 0 Å². The zero-order valence-electron chi connectivity index (χ0n) is 13.4. The number of carbonyl (C=O) groups excluding carboxylic acids is 2. The number of nitrogens with zero attached hydrogens (tertiary/aromatic N) is 2. The summed E-state index contributed by atoms with van der Waals surface area (Å²) in [5.41, 5.74) is 0. The minimum absolute atomic E-state index is 0.238. The molecule has 1 aliphatic heterocycles. The van der Waals surface area contributed by atoms with Crippen LogP contribution < -0.4 is 5.32 Å². The molecule has 0 aliphatic carbocycles. The molecule has 1 aromatic heterocycles. The van der Waals surface area contributed by atoms with E-state index >= 15 is 0 Å². The Balaban J connectivity index is 1.93. The van der Waals surface area contributed by atoms with Crippen molar-refractivity contribution in [2.45, 2.75) is 51.7 Å². The van der Waals surface area contributed by atoms with E-state index in [4.69, 9.17) is 0 Å². The number of rotatable bonds is 7. The van der Waals surface area contributed by atoms with Gasteiger partial charge in [-0.15, -0.1) is 23.1 Å². The molecule has 2 rings (SSSR count). The van der Waals surface area contributed by atoms with Crippen LogP contribution in [0.4, 0.5) is 5.13 Å². The predicted octanol–water partition coefficient (Wildman–Crippen LogP) is 2.23. The van der Waals surface area contributed by atoms with Gasteiger partial charge in [-0.2, -0.15) is 0 Å². The van der Waals surface area contributed by atoms with Crippen molar-refractivity contribution in [1.29, 1.82) is 0 Å². The molecule has 1 saturated heterocycles. The lowest BCUT2D eigenvalue weighted by molar-refractivity contribution is -0.143. The fourth-order valence-corrected chi connectivity index (χ4v) is 4.21. The van der Waals surface area contributed by atoms with Crippen molar-refractivity contribution in [2.24, 2.45) is 0 Å². The summed E-state index contributed by atoms with van der Waals surface area (Å²) in [6.45, 7) is 3.99. The van der Waals surface area contributed by atoms with E-state index in [9.17, 15) is 14.7 Å². The highest BCUT2D eigenvalue weighted by Gasteiger charge is 2.37. The van der Waals surface area contributed by atoms with Crippen LogP contribution in [0.25, 0.3) is 0 Å². The summed E-state index contributed by atoms with van der Waals surface area (Å²) in [6.07, 6.45) is 3.99. The Morgan fingerprint density at radius 3 is 2.96 bits per heavy atom. The Labute approximate surface area is 144 Å². The number of aromatic nitrogens is 1. The van der Waals surface area contributed by atoms with Crippen LogP contribution in [0.15, 0.2) is 6.20 Å². The van der Waals surface area contributed by atoms with Gasteiger partial charge in [0.2, 0.25) is 5.91 Å². The second-order valence-electron chi connectivity index (χ2n) is 5.60. The third kappa shape index (κ3) is 4.92. The molecule has 2 unspecified atom stereocenters. The number of aryl methyl sites for hydroxylation is 1. The largest absolute Gasteiger partial charge is 0.383 e. The van der Waals surface area contributed by atoms with Crippen molar-refractivity contribution in [2.75, 3.05) is 16.9 Å². The van der Waals surface area contributed by atoms with Gasteiger partial charge in [-0.1, -0.05) is 26.2 Å². The standard InChI is InChI=1S/C15H23N3O3S2/c1-3-4-5-6-12(19)14(21)18-9-22-8-11(18)13(20)17-15-16-7-10(2)23-15/h7,11-12,19H,3-6,8-9H2,1-2H3,(H,16,17,20). The maximum atomic E-state index is 12.4. The van der Waals surface area contributed by atoms with Gasteiger partial charge < -0.3 is 15.3 Å². The lowest BCUT2D eigenvalue weighted by Crippen LogP contribution is -2.48. The average Bonchev–Trinajstić information content (AvgIpc) is 3.15. The smallest absolute Gasteiger partial charge is 0.252 e. The molecule has 0 aromatic carbocycles. The fourth-order valence-electron chi connectivity index (χ4n) is 2.38. The number of thiazole rings is 1. The van der Waals surface area contributed by atoms with E-state index < -0.39 is 12.1 Å². The van der Waals surface area contributed by atoms with Crippen molar-refractivity contribution in [3.05, 3.63) is 11.1 Å². The third-order valence-electron chi connectivity index (χ3n) is 3.69. The minimum atomic E-state index is -1.02. The van der Waals surface area contributed by atoms with Gasteiger partial charge >= 0.3 is 0 Å². The number of nitrogens with one attached hydrogen (secondary N) is 1. The molecule has 0 saturated carbocycles. The first kappa shape index (κ1) is 18.2. The second kappa shape index (κ2) is 8.65. The van der Waals surface area contributed by atoms with Crippen molar-refractivity contribution >= 4 is 40.0 Å². The highest BCUT2D eigenvalue weighted by Crippen LogP contribution is 2.25. The molecule has 2 N–H and O–H groups in total. The number of carbonyl (C=O) groups is 2. The van der Waals surface area contributed by atoms with Crippen molar-refractivity contribution in [1.82, 2.24) is 9.88 Å². The van der Waals surface area contributed by atoms with Gasteiger partial charge in [0.25, 0.3) is 5.91 Å². The number of anilines is 1. The van der Waals surface area contributed by atoms with E-state index in [1.807, 2.05) is 6.92 Å². The Kier molecular flexibility index (Phi) is 6.86. The summed E-state index contributed by atoms with van der Waals surface area (Å²) in [4.78, 5) is 31.4. The molecule has 0 spiro atoms. The molecular formula is C15H23N3O3S2. The summed E-state index contributed by atoms with van der Waals surface area (Å²) in [7, 11) is 0. The third-order valence-corrected chi connectivity index (χ3v) is 5.53. The zero-order valence-corrected chi connectivity index (χ0v) is 15.1. The molecule has 2 atom stereocenters. The summed E-state index contributed by atoms with van der Waals surface area (Å²) in [6, 6.07) is -0.544. The first-order chi connectivity index (χ1) is 11.0. The monoisotopic (exact) mass is 357 g/mol. The van der Waals surface area contributed by atoms with Crippen molar-refractivity contribution in [3.63, 3.8) is 0 Å². The number of hydrogen-bond donors (Lipinski definition) is 2. The zero-order chi connectivity index (χ0) is 16.8. The molecule has 2 heterocycles. The maximum absolute atomic E-state index is 12.4. The Hall–Kier alpha value is -1.12. The van der Waals surface area contributed by atoms with Crippen LogP contribution in [0, 0.1) is 6.92 Å². The van der Waals surface area contributed by atoms with Gasteiger partial charge in [-0.3, -0.25) is 9.59 Å². The summed E-state index contributed by atoms with van der Waals surface area (Å²) < 4.78 is 0. The summed E-state index contributed by atoms with van der Waals surface area (Å²) >= 11 is 2.93. The summed E-state index contributed by atoms with van der Waals surface area (Å²) in [5, 5.41) is 13.4.